The molecule has 0 aliphatic rings. The van der Waals surface area contributed by atoms with E-state index in [9.17, 15) is 8.78 Å². The van der Waals surface area contributed by atoms with Gasteiger partial charge in [0, 0.05) is 18.3 Å². The number of benzene rings is 1. The van der Waals surface area contributed by atoms with Gasteiger partial charge in [-0.1, -0.05) is 0 Å². The van der Waals surface area contributed by atoms with Crippen LogP contribution in [0.2, 0.25) is 0 Å². The number of aliphatic hydroxyl groups excluding tert-OH is 1. The van der Waals surface area contributed by atoms with Gasteiger partial charge in [-0.25, -0.2) is 8.78 Å². The molecule has 0 saturated carbocycles. The molecule has 2 nitrogen and oxygen atoms in total. The Hall–Kier alpha value is -1.16. The fourth-order valence-corrected chi connectivity index (χ4v) is 0.806. The SMILES string of the molecule is OCCNc1ccc(F)c(F)c1. The summed E-state index contributed by atoms with van der Waals surface area (Å²) >= 11 is 0. The normalized spacial score (nSPS) is 9.92. The first-order chi connectivity index (χ1) is 5.74. The second kappa shape index (κ2) is 4.01. The fourth-order valence-electron chi connectivity index (χ4n) is 0.806. The Bertz CT molecular complexity index is 265. The predicted octanol–water partition coefficient (Wildman–Crippen LogP) is 1.37. The van der Waals surface area contributed by atoms with Crippen molar-refractivity contribution in [1.82, 2.24) is 0 Å². The van der Waals surface area contributed by atoms with Crippen molar-refractivity contribution in [3.05, 3.63) is 29.8 Å². The minimum absolute atomic E-state index is 0.0427. The van der Waals surface area contributed by atoms with E-state index in [0.29, 0.717) is 12.2 Å². The molecular formula is C8H9F2NO. The highest BCUT2D eigenvalue weighted by atomic mass is 19.2. The maximum Gasteiger partial charge on any atom is 0.160 e. The average Bonchev–Trinajstić information content (AvgIpc) is 2.07. The van der Waals surface area contributed by atoms with Gasteiger partial charge in [-0.3, -0.25) is 0 Å². The van der Waals surface area contributed by atoms with Crippen LogP contribution in [0.25, 0.3) is 0 Å². The molecule has 1 rings (SSSR count). The van der Waals surface area contributed by atoms with Crippen LogP contribution < -0.4 is 5.32 Å². The van der Waals surface area contributed by atoms with Gasteiger partial charge in [0.1, 0.15) is 0 Å². The van der Waals surface area contributed by atoms with Crippen molar-refractivity contribution in [2.75, 3.05) is 18.5 Å². The van der Waals surface area contributed by atoms with E-state index in [1.165, 1.54) is 6.07 Å². The molecule has 0 fully saturated rings. The summed E-state index contributed by atoms with van der Waals surface area (Å²) in [5.74, 6) is -1.76. The van der Waals surface area contributed by atoms with Crippen molar-refractivity contribution in [2.24, 2.45) is 0 Å². The maximum absolute atomic E-state index is 12.5. The molecule has 1 aromatic carbocycles. The number of aliphatic hydroxyl groups is 1. The number of halogens is 2. The van der Waals surface area contributed by atoms with Crippen molar-refractivity contribution in [3.63, 3.8) is 0 Å². The zero-order valence-electron chi connectivity index (χ0n) is 6.35. The first-order valence-electron chi connectivity index (χ1n) is 3.54. The zero-order chi connectivity index (χ0) is 8.97. The van der Waals surface area contributed by atoms with Crippen molar-refractivity contribution < 1.29 is 13.9 Å². The minimum Gasteiger partial charge on any atom is -0.395 e. The van der Waals surface area contributed by atoms with Crippen LogP contribution >= 0.6 is 0 Å². The summed E-state index contributed by atoms with van der Waals surface area (Å²) in [7, 11) is 0. The van der Waals surface area contributed by atoms with Crippen molar-refractivity contribution in [3.8, 4) is 0 Å². The van der Waals surface area contributed by atoms with Gasteiger partial charge in [-0.15, -0.1) is 0 Å². The molecule has 0 saturated heterocycles. The minimum atomic E-state index is -0.891. The zero-order valence-corrected chi connectivity index (χ0v) is 6.35. The quantitative estimate of drug-likeness (QED) is 0.723. The molecule has 0 aromatic heterocycles. The van der Waals surface area contributed by atoms with Crippen LogP contribution in [0.3, 0.4) is 0 Å². The smallest absolute Gasteiger partial charge is 0.160 e. The molecule has 0 atom stereocenters. The molecular weight excluding hydrogens is 164 g/mol. The number of nitrogens with one attached hydrogen (secondary N) is 1. The monoisotopic (exact) mass is 173 g/mol. The summed E-state index contributed by atoms with van der Waals surface area (Å²) in [5.41, 5.74) is 0.461. The molecule has 0 unspecified atom stereocenters. The van der Waals surface area contributed by atoms with E-state index < -0.39 is 11.6 Å². The summed E-state index contributed by atoms with van der Waals surface area (Å²) in [6.07, 6.45) is 0. The average molecular weight is 173 g/mol. The van der Waals surface area contributed by atoms with Crippen molar-refractivity contribution in [2.45, 2.75) is 0 Å². The topological polar surface area (TPSA) is 32.3 Å². The second-order valence-corrected chi connectivity index (χ2v) is 2.28. The predicted molar refractivity (Wildman–Crippen MR) is 41.9 cm³/mol. The highest BCUT2D eigenvalue weighted by Crippen LogP contribution is 2.12. The first-order valence-corrected chi connectivity index (χ1v) is 3.54. The van der Waals surface area contributed by atoms with Crippen LogP contribution in [0.1, 0.15) is 0 Å². The lowest BCUT2D eigenvalue weighted by Crippen LogP contribution is -2.05. The Labute approximate surface area is 68.8 Å². The second-order valence-electron chi connectivity index (χ2n) is 2.28. The lowest BCUT2D eigenvalue weighted by molar-refractivity contribution is 0.311. The van der Waals surface area contributed by atoms with Crippen molar-refractivity contribution in [1.29, 1.82) is 0 Å². The van der Waals surface area contributed by atoms with Gasteiger partial charge in [0.2, 0.25) is 0 Å². The van der Waals surface area contributed by atoms with Gasteiger partial charge in [0.15, 0.2) is 11.6 Å². The third-order valence-electron chi connectivity index (χ3n) is 1.36. The van der Waals surface area contributed by atoms with Crippen LogP contribution in [0.15, 0.2) is 18.2 Å². The molecule has 0 aliphatic heterocycles. The van der Waals surface area contributed by atoms with Gasteiger partial charge in [0.05, 0.1) is 6.61 Å². The molecule has 0 bridgehead atoms. The number of rotatable bonds is 3. The standard InChI is InChI=1S/C8H9F2NO/c9-7-2-1-6(5-8(7)10)11-3-4-12/h1-2,5,11-12H,3-4H2. The van der Waals surface area contributed by atoms with Crippen LogP contribution in [0.5, 0.6) is 0 Å². The fraction of sp³-hybridized carbons (Fsp3) is 0.250. The number of hydrogen-bond acceptors (Lipinski definition) is 2. The van der Waals surface area contributed by atoms with E-state index in [-0.39, 0.29) is 6.61 Å². The van der Waals surface area contributed by atoms with E-state index in [4.69, 9.17) is 5.11 Å². The Morgan fingerprint density at radius 2 is 2.00 bits per heavy atom. The van der Waals surface area contributed by atoms with E-state index in [1.807, 2.05) is 0 Å². The lowest BCUT2D eigenvalue weighted by atomic mass is 10.3. The highest BCUT2D eigenvalue weighted by Gasteiger charge is 2.00. The van der Waals surface area contributed by atoms with Crippen LogP contribution in [-0.2, 0) is 0 Å². The Morgan fingerprint density at radius 1 is 1.25 bits per heavy atom. The Balaban J connectivity index is 2.69. The molecule has 66 valence electrons. The van der Waals surface area contributed by atoms with E-state index in [0.717, 1.165) is 12.1 Å². The summed E-state index contributed by atoms with van der Waals surface area (Å²) in [5, 5.41) is 11.1. The molecule has 1 aromatic rings. The largest absolute Gasteiger partial charge is 0.395 e. The third kappa shape index (κ3) is 2.17. The molecule has 0 spiro atoms. The molecule has 12 heavy (non-hydrogen) atoms. The van der Waals surface area contributed by atoms with Gasteiger partial charge in [-0.05, 0) is 12.1 Å². The molecule has 0 aliphatic carbocycles. The number of anilines is 1. The molecule has 4 heteroatoms. The van der Waals surface area contributed by atoms with Gasteiger partial charge in [0.25, 0.3) is 0 Å². The first kappa shape index (κ1) is 8.93. The highest BCUT2D eigenvalue weighted by molar-refractivity contribution is 5.43. The van der Waals surface area contributed by atoms with Crippen LogP contribution in [-0.4, -0.2) is 18.3 Å². The van der Waals surface area contributed by atoms with Crippen LogP contribution in [0, 0.1) is 11.6 Å². The van der Waals surface area contributed by atoms with Crippen molar-refractivity contribution >= 4 is 5.69 Å². The molecule has 0 amide bonds. The number of hydrogen-bond donors (Lipinski definition) is 2. The summed E-state index contributed by atoms with van der Waals surface area (Å²) in [6, 6.07) is 3.49. The van der Waals surface area contributed by atoms with Gasteiger partial charge in [-0.2, -0.15) is 0 Å². The summed E-state index contributed by atoms with van der Waals surface area (Å²) < 4.78 is 24.9. The summed E-state index contributed by atoms with van der Waals surface area (Å²) in [4.78, 5) is 0. The van der Waals surface area contributed by atoms with Gasteiger partial charge >= 0.3 is 0 Å². The van der Waals surface area contributed by atoms with Gasteiger partial charge < -0.3 is 10.4 Å². The summed E-state index contributed by atoms with van der Waals surface area (Å²) in [6.45, 7) is 0.282. The lowest BCUT2D eigenvalue weighted by Gasteiger charge is -2.03. The van der Waals surface area contributed by atoms with Crippen LogP contribution in [0.4, 0.5) is 14.5 Å². The Kier molecular flexibility index (Phi) is 2.99. The van der Waals surface area contributed by atoms with E-state index in [2.05, 4.69) is 5.32 Å². The Morgan fingerprint density at radius 3 is 2.58 bits per heavy atom. The third-order valence-corrected chi connectivity index (χ3v) is 1.36. The van der Waals surface area contributed by atoms with E-state index in [1.54, 1.807) is 0 Å². The molecule has 0 radical (unpaired) electrons. The maximum atomic E-state index is 12.5. The molecule has 2 N–H and O–H groups in total. The molecule has 0 heterocycles. The van der Waals surface area contributed by atoms with E-state index >= 15 is 0 Å².